The molecule has 18 heavy (non-hydrogen) atoms. The monoisotopic (exact) mass is 286 g/mol. The van der Waals surface area contributed by atoms with Crippen molar-refractivity contribution in [1.29, 1.82) is 0 Å². The normalized spacial score (nSPS) is 10.2. The lowest BCUT2D eigenvalue weighted by molar-refractivity contribution is 0.0963. The van der Waals surface area contributed by atoms with E-state index in [1.54, 1.807) is 19.2 Å². The van der Waals surface area contributed by atoms with E-state index < -0.39 is 0 Å². The average molecular weight is 287 g/mol. The van der Waals surface area contributed by atoms with Crippen molar-refractivity contribution in [2.24, 2.45) is 0 Å². The SMILES string of the molecule is CCSCCCNc1ccc(Cl)c(C(=O)NC)c1. The van der Waals surface area contributed by atoms with E-state index in [1.165, 1.54) is 0 Å². The first-order chi connectivity index (χ1) is 8.69. The van der Waals surface area contributed by atoms with Gasteiger partial charge in [0.1, 0.15) is 0 Å². The van der Waals surface area contributed by atoms with Crippen LogP contribution in [0, 0.1) is 0 Å². The van der Waals surface area contributed by atoms with E-state index in [9.17, 15) is 4.79 Å². The lowest BCUT2D eigenvalue weighted by Gasteiger charge is -2.09. The molecule has 0 aliphatic rings. The van der Waals surface area contributed by atoms with Crippen LogP contribution >= 0.6 is 23.4 Å². The van der Waals surface area contributed by atoms with Crippen LogP contribution in [-0.2, 0) is 0 Å². The van der Waals surface area contributed by atoms with Crippen LogP contribution in [0.4, 0.5) is 5.69 Å². The molecule has 0 saturated carbocycles. The highest BCUT2D eigenvalue weighted by Crippen LogP contribution is 2.20. The summed E-state index contributed by atoms with van der Waals surface area (Å²) in [6.07, 6.45) is 1.11. The first-order valence-electron chi connectivity index (χ1n) is 6.02. The summed E-state index contributed by atoms with van der Waals surface area (Å²) in [4.78, 5) is 11.6. The fourth-order valence-electron chi connectivity index (χ4n) is 1.50. The molecule has 0 unspecified atom stereocenters. The molecular weight excluding hydrogens is 268 g/mol. The van der Waals surface area contributed by atoms with Gasteiger partial charge in [0.15, 0.2) is 0 Å². The number of rotatable bonds is 7. The molecule has 0 atom stereocenters. The number of hydrogen-bond acceptors (Lipinski definition) is 3. The van der Waals surface area contributed by atoms with Gasteiger partial charge in [0.25, 0.3) is 5.91 Å². The molecule has 1 aromatic rings. The van der Waals surface area contributed by atoms with Gasteiger partial charge in [-0.05, 0) is 36.1 Å². The van der Waals surface area contributed by atoms with Gasteiger partial charge in [-0.25, -0.2) is 0 Å². The number of carbonyl (C=O) groups is 1. The Labute approximate surface area is 118 Å². The third kappa shape index (κ3) is 4.78. The maximum atomic E-state index is 11.6. The molecule has 5 heteroatoms. The maximum absolute atomic E-state index is 11.6. The van der Waals surface area contributed by atoms with Crippen LogP contribution in [0.25, 0.3) is 0 Å². The second-order valence-electron chi connectivity index (χ2n) is 3.75. The Morgan fingerprint density at radius 1 is 1.44 bits per heavy atom. The van der Waals surface area contributed by atoms with Gasteiger partial charge in [-0.3, -0.25) is 4.79 Å². The van der Waals surface area contributed by atoms with Crippen molar-refractivity contribution >= 4 is 35.0 Å². The summed E-state index contributed by atoms with van der Waals surface area (Å²) < 4.78 is 0. The van der Waals surface area contributed by atoms with Crippen molar-refractivity contribution in [3.05, 3.63) is 28.8 Å². The predicted molar refractivity (Wildman–Crippen MR) is 80.9 cm³/mol. The highest BCUT2D eigenvalue weighted by molar-refractivity contribution is 7.99. The number of amides is 1. The Hall–Kier alpha value is -0.870. The summed E-state index contributed by atoms with van der Waals surface area (Å²) >= 11 is 7.91. The van der Waals surface area contributed by atoms with Gasteiger partial charge < -0.3 is 10.6 Å². The van der Waals surface area contributed by atoms with Crippen molar-refractivity contribution in [1.82, 2.24) is 5.32 Å². The predicted octanol–water partition coefficient (Wildman–Crippen LogP) is 3.25. The summed E-state index contributed by atoms with van der Waals surface area (Å²) in [6, 6.07) is 5.42. The van der Waals surface area contributed by atoms with Crippen LogP contribution in [0.2, 0.25) is 5.02 Å². The first-order valence-corrected chi connectivity index (χ1v) is 7.55. The van der Waals surface area contributed by atoms with Gasteiger partial charge in [0.05, 0.1) is 10.6 Å². The first kappa shape index (κ1) is 15.2. The standard InChI is InChI=1S/C13H19ClN2OS/c1-3-18-8-4-7-16-10-5-6-12(14)11(9-10)13(17)15-2/h5-6,9,16H,3-4,7-8H2,1-2H3,(H,15,17). The second kappa shape index (κ2) is 8.27. The number of hydrogen-bond donors (Lipinski definition) is 2. The summed E-state index contributed by atoms with van der Waals surface area (Å²) in [7, 11) is 1.60. The van der Waals surface area contributed by atoms with Crippen LogP contribution < -0.4 is 10.6 Å². The molecule has 0 saturated heterocycles. The van der Waals surface area contributed by atoms with Crippen molar-refractivity contribution in [3.8, 4) is 0 Å². The Bertz CT molecular complexity index is 399. The highest BCUT2D eigenvalue weighted by Gasteiger charge is 2.09. The molecule has 1 amide bonds. The molecule has 100 valence electrons. The maximum Gasteiger partial charge on any atom is 0.252 e. The van der Waals surface area contributed by atoms with Crippen molar-refractivity contribution < 1.29 is 4.79 Å². The number of thioether (sulfide) groups is 1. The summed E-state index contributed by atoms with van der Waals surface area (Å²) in [6.45, 7) is 3.06. The van der Waals surface area contributed by atoms with Gasteiger partial charge >= 0.3 is 0 Å². The van der Waals surface area contributed by atoms with Crippen molar-refractivity contribution in [3.63, 3.8) is 0 Å². The molecule has 3 nitrogen and oxygen atoms in total. The Morgan fingerprint density at radius 3 is 2.89 bits per heavy atom. The quantitative estimate of drug-likeness (QED) is 0.756. The molecule has 2 N–H and O–H groups in total. The molecule has 0 radical (unpaired) electrons. The molecule has 0 bridgehead atoms. The molecule has 1 aromatic carbocycles. The highest BCUT2D eigenvalue weighted by atomic mass is 35.5. The van der Waals surface area contributed by atoms with E-state index in [0.717, 1.165) is 30.2 Å². The van der Waals surface area contributed by atoms with Crippen LogP contribution in [0.3, 0.4) is 0 Å². The molecular formula is C13H19ClN2OS. The van der Waals surface area contributed by atoms with Gasteiger partial charge in [-0.15, -0.1) is 0 Å². The van der Waals surface area contributed by atoms with E-state index in [2.05, 4.69) is 17.6 Å². The number of carbonyl (C=O) groups excluding carboxylic acids is 1. The Kier molecular flexibility index (Phi) is 6.98. The zero-order chi connectivity index (χ0) is 13.4. The largest absolute Gasteiger partial charge is 0.385 e. The van der Waals surface area contributed by atoms with E-state index in [1.807, 2.05) is 17.8 Å². The zero-order valence-corrected chi connectivity index (χ0v) is 12.3. The molecule has 0 heterocycles. The zero-order valence-electron chi connectivity index (χ0n) is 10.8. The van der Waals surface area contributed by atoms with Crippen LogP contribution in [0.15, 0.2) is 18.2 Å². The van der Waals surface area contributed by atoms with E-state index in [4.69, 9.17) is 11.6 Å². The molecule has 1 rings (SSSR count). The van der Waals surface area contributed by atoms with E-state index in [0.29, 0.717) is 10.6 Å². The summed E-state index contributed by atoms with van der Waals surface area (Å²) in [5, 5.41) is 6.35. The third-order valence-corrected chi connectivity index (χ3v) is 3.75. The smallest absolute Gasteiger partial charge is 0.252 e. The van der Waals surface area contributed by atoms with Crippen molar-refractivity contribution in [2.75, 3.05) is 30.4 Å². The van der Waals surface area contributed by atoms with E-state index in [-0.39, 0.29) is 5.91 Å². The summed E-state index contributed by atoms with van der Waals surface area (Å²) in [5.74, 6) is 2.14. The molecule has 0 aromatic heterocycles. The van der Waals surface area contributed by atoms with Gasteiger partial charge in [0, 0.05) is 19.3 Å². The van der Waals surface area contributed by atoms with Crippen LogP contribution in [0.5, 0.6) is 0 Å². The van der Waals surface area contributed by atoms with Crippen molar-refractivity contribution in [2.45, 2.75) is 13.3 Å². The van der Waals surface area contributed by atoms with Gasteiger partial charge in [-0.1, -0.05) is 18.5 Å². The topological polar surface area (TPSA) is 41.1 Å². The number of halogens is 1. The lowest BCUT2D eigenvalue weighted by atomic mass is 10.2. The lowest BCUT2D eigenvalue weighted by Crippen LogP contribution is -2.18. The van der Waals surface area contributed by atoms with Gasteiger partial charge in [-0.2, -0.15) is 11.8 Å². The second-order valence-corrected chi connectivity index (χ2v) is 5.55. The number of nitrogens with one attached hydrogen (secondary N) is 2. The van der Waals surface area contributed by atoms with E-state index >= 15 is 0 Å². The molecule has 0 aliphatic heterocycles. The molecule has 0 fully saturated rings. The Balaban J connectivity index is 2.54. The minimum atomic E-state index is -0.162. The number of anilines is 1. The molecule has 0 aliphatic carbocycles. The molecule has 0 spiro atoms. The van der Waals surface area contributed by atoms with Gasteiger partial charge in [0.2, 0.25) is 0 Å². The number of benzene rings is 1. The van der Waals surface area contributed by atoms with Crippen LogP contribution in [-0.4, -0.2) is 31.0 Å². The fraction of sp³-hybridized carbons (Fsp3) is 0.462. The third-order valence-electron chi connectivity index (χ3n) is 2.44. The average Bonchev–Trinajstić information content (AvgIpc) is 2.39. The van der Waals surface area contributed by atoms with Crippen LogP contribution in [0.1, 0.15) is 23.7 Å². The minimum absolute atomic E-state index is 0.162. The Morgan fingerprint density at radius 2 is 2.22 bits per heavy atom. The summed E-state index contributed by atoms with van der Waals surface area (Å²) in [5.41, 5.74) is 1.44. The fourth-order valence-corrected chi connectivity index (χ4v) is 2.34. The minimum Gasteiger partial charge on any atom is -0.385 e.